The van der Waals surface area contributed by atoms with E-state index >= 15 is 0 Å². The molecule has 2 atom stereocenters. The van der Waals surface area contributed by atoms with Crippen molar-refractivity contribution < 1.29 is 9.21 Å². The molecule has 1 amide bonds. The third-order valence-electron chi connectivity index (χ3n) is 4.36. The predicted molar refractivity (Wildman–Crippen MR) is 83.0 cm³/mol. The van der Waals surface area contributed by atoms with Crippen molar-refractivity contribution in [3.05, 3.63) is 36.1 Å². The lowest BCUT2D eigenvalue weighted by Gasteiger charge is -2.29. The van der Waals surface area contributed by atoms with Gasteiger partial charge in [-0.05, 0) is 38.9 Å². The summed E-state index contributed by atoms with van der Waals surface area (Å²) in [5.41, 5.74) is 0.880. The minimum atomic E-state index is -0.0319. The smallest absolute Gasteiger partial charge is 0.227 e. The number of nitrogens with zero attached hydrogens (tertiary/aromatic N) is 1. The van der Waals surface area contributed by atoms with Gasteiger partial charge in [-0.15, -0.1) is 0 Å². The van der Waals surface area contributed by atoms with E-state index in [-0.39, 0.29) is 17.9 Å². The van der Waals surface area contributed by atoms with E-state index in [1.807, 2.05) is 49.1 Å². The Kier molecular flexibility index (Phi) is 3.97. The van der Waals surface area contributed by atoms with Gasteiger partial charge in [0.1, 0.15) is 11.3 Å². The Morgan fingerprint density at radius 3 is 2.95 bits per heavy atom. The predicted octanol–water partition coefficient (Wildman–Crippen LogP) is 2.95. The van der Waals surface area contributed by atoms with Gasteiger partial charge in [0.05, 0.1) is 12.0 Å². The van der Waals surface area contributed by atoms with Crippen LogP contribution in [-0.2, 0) is 4.79 Å². The number of carbonyl (C=O) groups is 1. The largest absolute Gasteiger partial charge is 0.459 e. The highest BCUT2D eigenvalue weighted by atomic mass is 16.3. The van der Waals surface area contributed by atoms with Crippen LogP contribution in [0.4, 0.5) is 0 Å². The average molecular weight is 286 g/mol. The molecule has 1 aliphatic heterocycles. The SMILES string of the molecule is CCN(C(=O)C1CCNC1)C(C)c1cc2ccccc2o1. The highest BCUT2D eigenvalue weighted by molar-refractivity contribution is 5.81. The van der Waals surface area contributed by atoms with E-state index < -0.39 is 0 Å². The number of furan rings is 1. The van der Waals surface area contributed by atoms with Crippen molar-refractivity contribution >= 4 is 16.9 Å². The van der Waals surface area contributed by atoms with Crippen molar-refractivity contribution in [3.63, 3.8) is 0 Å². The fourth-order valence-corrected chi connectivity index (χ4v) is 3.08. The molecule has 4 nitrogen and oxygen atoms in total. The number of hydrogen-bond donors (Lipinski definition) is 1. The average Bonchev–Trinajstić information content (AvgIpc) is 3.16. The first-order valence-electron chi connectivity index (χ1n) is 7.70. The molecule has 0 saturated carbocycles. The summed E-state index contributed by atoms with van der Waals surface area (Å²) in [5, 5.41) is 4.35. The Balaban J connectivity index is 1.83. The lowest BCUT2D eigenvalue weighted by molar-refractivity contribution is -0.137. The van der Waals surface area contributed by atoms with Crippen LogP contribution in [0.3, 0.4) is 0 Å². The molecule has 4 heteroatoms. The maximum absolute atomic E-state index is 12.7. The number of nitrogens with one attached hydrogen (secondary N) is 1. The van der Waals surface area contributed by atoms with Crippen LogP contribution in [0.15, 0.2) is 34.7 Å². The van der Waals surface area contributed by atoms with E-state index in [1.165, 1.54) is 0 Å². The molecule has 21 heavy (non-hydrogen) atoms. The first-order valence-corrected chi connectivity index (χ1v) is 7.70. The van der Waals surface area contributed by atoms with Gasteiger partial charge in [0.2, 0.25) is 5.91 Å². The van der Waals surface area contributed by atoms with Gasteiger partial charge in [-0.2, -0.15) is 0 Å². The van der Waals surface area contributed by atoms with Gasteiger partial charge >= 0.3 is 0 Å². The second kappa shape index (κ2) is 5.90. The molecule has 1 fully saturated rings. The molecular formula is C17H22N2O2. The van der Waals surface area contributed by atoms with Gasteiger partial charge < -0.3 is 14.6 Å². The summed E-state index contributed by atoms with van der Waals surface area (Å²) >= 11 is 0. The van der Waals surface area contributed by atoms with Crippen molar-refractivity contribution in [2.24, 2.45) is 5.92 Å². The third-order valence-corrected chi connectivity index (χ3v) is 4.36. The van der Waals surface area contributed by atoms with E-state index in [0.717, 1.165) is 36.2 Å². The summed E-state index contributed by atoms with van der Waals surface area (Å²) in [7, 11) is 0. The Labute approximate surface area is 125 Å². The van der Waals surface area contributed by atoms with Gasteiger partial charge in [0.25, 0.3) is 0 Å². The molecule has 1 aromatic heterocycles. The van der Waals surface area contributed by atoms with Gasteiger partial charge in [0, 0.05) is 18.5 Å². The summed E-state index contributed by atoms with van der Waals surface area (Å²) < 4.78 is 5.92. The molecule has 0 radical (unpaired) electrons. The normalized spacial score (nSPS) is 19.8. The summed E-state index contributed by atoms with van der Waals surface area (Å²) in [6, 6.07) is 9.98. The number of hydrogen-bond acceptors (Lipinski definition) is 3. The zero-order chi connectivity index (χ0) is 14.8. The van der Waals surface area contributed by atoms with Crippen molar-refractivity contribution in [1.29, 1.82) is 0 Å². The third kappa shape index (κ3) is 2.68. The molecule has 2 heterocycles. The highest BCUT2D eigenvalue weighted by Gasteiger charge is 2.30. The number of benzene rings is 1. The van der Waals surface area contributed by atoms with E-state index in [0.29, 0.717) is 6.54 Å². The van der Waals surface area contributed by atoms with Crippen molar-refractivity contribution in [1.82, 2.24) is 10.2 Å². The Morgan fingerprint density at radius 2 is 2.29 bits per heavy atom. The first kappa shape index (κ1) is 14.1. The molecule has 1 N–H and O–H groups in total. The second-order valence-corrected chi connectivity index (χ2v) is 5.68. The van der Waals surface area contributed by atoms with Gasteiger partial charge in [-0.3, -0.25) is 4.79 Å². The summed E-state index contributed by atoms with van der Waals surface area (Å²) in [5.74, 6) is 1.20. The van der Waals surface area contributed by atoms with Crippen molar-refractivity contribution in [2.75, 3.05) is 19.6 Å². The lowest BCUT2D eigenvalue weighted by Crippen LogP contribution is -2.38. The van der Waals surface area contributed by atoms with Crippen LogP contribution >= 0.6 is 0 Å². The van der Waals surface area contributed by atoms with E-state index in [2.05, 4.69) is 5.32 Å². The zero-order valence-corrected chi connectivity index (χ0v) is 12.6. The molecule has 1 aliphatic rings. The topological polar surface area (TPSA) is 45.5 Å². The molecule has 112 valence electrons. The van der Waals surface area contributed by atoms with Crippen LogP contribution in [-0.4, -0.2) is 30.4 Å². The van der Waals surface area contributed by atoms with Gasteiger partial charge in [-0.25, -0.2) is 0 Å². The van der Waals surface area contributed by atoms with Gasteiger partial charge in [-0.1, -0.05) is 18.2 Å². The quantitative estimate of drug-likeness (QED) is 0.940. The van der Waals surface area contributed by atoms with E-state index in [1.54, 1.807) is 0 Å². The second-order valence-electron chi connectivity index (χ2n) is 5.68. The lowest BCUT2D eigenvalue weighted by atomic mass is 10.1. The Hall–Kier alpha value is -1.81. The zero-order valence-electron chi connectivity index (χ0n) is 12.6. The van der Waals surface area contributed by atoms with Crippen LogP contribution in [0.25, 0.3) is 11.0 Å². The molecule has 2 unspecified atom stereocenters. The van der Waals surface area contributed by atoms with Gasteiger partial charge in [0.15, 0.2) is 0 Å². The molecule has 0 bridgehead atoms. The molecule has 2 aromatic rings. The number of amides is 1. The Morgan fingerprint density at radius 1 is 1.48 bits per heavy atom. The minimum Gasteiger partial charge on any atom is -0.459 e. The first-order chi connectivity index (χ1) is 10.2. The summed E-state index contributed by atoms with van der Waals surface area (Å²) in [6.07, 6.45) is 0.933. The maximum Gasteiger partial charge on any atom is 0.227 e. The van der Waals surface area contributed by atoms with Crippen LogP contribution in [0.1, 0.15) is 32.1 Å². The number of rotatable bonds is 4. The van der Waals surface area contributed by atoms with Crippen molar-refractivity contribution in [2.45, 2.75) is 26.3 Å². The number of para-hydroxylation sites is 1. The highest BCUT2D eigenvalue weighted by Crippen LogP contribution is 2.28. The number of fused-ring (bicyclic) bond motifs is 1. The molecule has 1 aromatic carbocycles. The molecule has 3 rings (SSSR count). The standard InChI is InChI=1S/C17H22N2O2/c1-3-19(17(20)14-8-9-18-11-14)12(2)16-10-13-6-4-5-7-15(13)21-16/h4-7,10,12,14,18H,3,8-9,11H2,1-2H3. The molecule has 1 saturated heterocycles. The molecular weight excluding hydrogens is 264 g/mol. The van der Waals surface area contributed by atoms with Crippen molar-refractivity contribution in [3.8, 4) is 0 Å². The number of carbonyl (C=O) groups excluding carboxylic acids is 1. The van der Waals surface area contributed by atoms with E-state index in [4.69, 9.17) is 4.42 Å². The Bertz CT molecular complexity index is 596. The fraction of sp³-hybridized carbons (Fsp3) is 0.471. The van der Waals surface area contributed by atoms with Crippen LogP contribution in [0.2, 0.25) is 0 Å². The maximum atomic E-state index is 12.7. The van der Waals surface area contributed by atoms with Crippen LogP contribution in [0.5, 0.6) is 0 Å². The van der Waals surface area contributed by atoms with E-state index in [9.17, 15) is 4.79 Å². The fourth-order valence-electron chi connectivity index (χ4n) is 3.08. The van der Waals surface area contributed by atoms with Crippen LogP contribution in [0, 0.1) is 5.92 Å². The molecule has 0 spiro atoms. The summed E-state index contributed by atoms with van der Waals surface area (Å²) in [4.78, 5) is 14.6. The minimum absolute atomic E-state index is 0.0319. The molecule has 0 aliphatic carbocycles. The van der Waals surface area contributed by atoms with Crippen LogP contribution < -0.4 is 5.32 Å². The summed E-state index contributed by atoms with van der Waals surface area (Å²) in [6.45, 7) is 6.50. The monoisotopic (exact) mass is 286 g/mol.